The van der Waals surface area contributed by atoms with Gasteiger partial charge in [0.2, 0.25) is 5.91 Å². The van der Waals surface area contributed by atoms with Crippen molar-refractivity contribution in [3.05, 3.63) is 47.5 Å². The van der Waals surface area contributed by atoms with Crippen molar-refractivity contribution in [2.24, 2.45) is 0 Å². The Labute approximate surface area is 169 Å². The molecule has 0 aliphatic carbocycles. The zero-order chi connectivity index (χ0) is 20.0. The molecule has 0 spiro atoms. The lowest BCUT2D eigenvalue weighted by Crippen LogP contribution is -2.48. The molecular weight excluding hydrogens is 366 g/mol. The number of carbonyl (C=O) groups is 3. The Kier molecular flexibility index (Phi) is 4.59. The van der Waals surface area contributed by atoms with Crippen molar-refractivity contribution in [2.45, 2.75) is 56.7 Å². The standard InChI is InChI=1S/C23H25N3O3/c27-20(25-17-12-15-9-10-16(13-17)24-15)8-3-11-26-22(28)18-6-1-4-14-5-2-7-19(21(14)18)23(26)29/h1-2,4-7,15-17,24H,3,8-13H2,(H,25,27). The summed E-state index contributed by atoms with van der Waals surface area (Å²) in [5.74, 6) is -0.528. The summed E-state index contributed by atoms with van der Waals surface area (Å²) in [6.07, 6.45) is 5.18. The van der Waals surface area contributed by atoms with Gasteiger partial charge in [-0.05, 0) is 49.6 Å². The molecule has 5 rings (SSSR count). The maximum Gasteiger partial charge on any atom is 0.261 e. The third kappa shape index (κ3) is 3.31. The van der Waals surface area contributed by atoms with Crippen molar-refractivity contribution < 1.29 is 14.4 Å². The van der Waals surface area contributed by atoms with Gasteiger partial charge < -0.3 is 10.6 Å². The molecule has 3 aliphatic heterocycles. The molecule has 2 aromatic rings. The van der Waals surface area contributed by atoms with Crippen molar-refractivity contribution in [2.75, 3.05) is 6.54 Å². The maximum absolute atomic E-state index is 12.9. The number of hydrogen-bond donors (Lipinski definition) is 2. The normalized spacial score (nSPS) is 25.5. The molecule has 0 saturated carbocycles. The topological polar surface area (TPSA) is 78.5 Å². The fourth-order valence-electron chi connectivity index (χ4n) is 5.16. The Hall–Kier alpha value is -2.73. The molecule has 3 heterocycles. The quantitative estimate of drug-likeness (QED) is 0.768. The molecule has 6 heteroatoms. The highest BCUT2D eigenvalue weighted by Crippen LogP contribution is 2.30. The van der Waals surface area contributed by atoms with Gasteiger partial charge in [0.25, 0.3) is 11.8 Å². The zero-order valence-corrected chi connectivity index (χ0v) is 16.3. The second-order valence-corrected chi connectivity index (χ2v) is 8.45. The molecule has 2 bridgehead atoms. The number of benzene rings is 2. The van der Waals surface area contributed by atoms with Crippen LogP contribution in [-0.4, -0.2) is 47.3 Å². The minimum absolute atomic E-state index is 0.00992. The smallest absolute Gasteiger partial charge is 0.261 e. The van der Waals surface area contributed by atoms with E-state index in [-0.39, 0.29) is 30.3 Å². The SMILES string of the molecule is O=C(CCCN1C(=O)c2cccc3cccc(c23)C1=O)NC1CC2CCC(C1)N2. The van der Waals surface area contributed by atoms with Crippen LogP contribution in [0.1, 0.15) is 59.2 Å². The molecule has 3 aliphatic rings. The Morgan fingerprint density at radius 1 is 1.00 bits per heavy atom. The van der Waals surface area contributed by atoms with Gasteiger partial charge in [0.05, 0.1) is 0 Å². The number of rotatable bonds is 5. The van der Waals surface area contributed by atoms with Gasteiger partial charge in [-0.3, -0.25) is 19.3 Å². The van der Waals surface area contributed by atoms with Gasteiger partial charge in [-0.2, -0.15) is 0 Å². The van der Waals surface area contributed by atoms with E-state index < -0.39 is 0 Å². The van der Waals surface area contributed by atoms with Crippen molar-refractivity contribution in [1.29, 1.82) is 0 Å². The van der Waals surface area contributed by atoms with Crippen LogP contribution in [0.25, 0.3) is 10.8 Å². The van der Waals surface area contributed by atoms with Crippen molar-refractivity contribution in [3.8, 4) is 0 Å². The second kappa shape index (κ2) is 7.26. The highest BCUT2D eigenvalue weighted by Gasteiger charge is 2.34. The summed E-state index contributed by atoms with van der Waals surface area (Å²) in [6.45, 7) is 0.257. The molecule has 2 N–H and O–H groups in total. The van der Waals surface area contributed by atoms with Crippen LogP contribution < -0.4 is 10.6 Å². The van der Waals surface area contributed by atoms with Gasteiger partial charge in [-0.15, -0.1) is 0 Å². The Bertz CT molecular complexity index is 939. The number of nitrogens with zero attached hydrogens (tertiary/aromatic N) is 1. The van der Waals surface area contributed by atoms with Crippen LogP contribution >= 0.6 is 0 Å². The van der Waals surface area contributed by atoms with E-state index in [0.717, 1.165) is 23.6 Å². The molecular formula is C23H25N3O3. The summed E-state index contributed by atoms with van der Waals surface area (Å²) in [6, 6.07) is 12.4. The minimum Gasteiger partial charge on any atom is -0.353 e. The summed E-state index contributed by atoms with van der Waals surface area (Å²) >= 11 is 0. The summed E-state index contributed by atoms with van der Waals surface area (Å²) in [4.78, 5) is 39.4. The fraction of sp³-hybridized carbons (Fsp3) is 0.435. The first-order valence-corrected chi connectivity index (χ1v) is 10.5. The van der Waals surface area contributed by atoms with E-state index in [1.54, 1.807) is 12.1 Å². The van der Waals surface area contributed by atoms with Gasteiger partial charge >= 0.3 is 0 Å². The van der Waals surface area contributed by atoms with Crippen LogP contribution in [0, 0.1) is 0 Å². The maximum atomic E-state index is 12.9. The van der Waals surface area contributed by atoms with Crippen LogP contribution in [0.15, 0.2) is 36.4 Å². The summed E-state index contributed by atoms with van der Waals surface area (Å²) in [5, 5.41) is 8.35. The predicted octanol–water partition coefficient (Wildman–Crippen LogP) is 2.62. The number of piperidine rings is 1. The molecule has 0 aromatic heterocycles. The Morgan fingerprint density at radius 2 is 1.62 bits per heavy atom. The van der Waals surface area contributed by atoms with E-state index in [1.807, 2.05) is 24.3 Å². The molecule has 6 nitrogen and oxygen atoms in total. The fourth-order valence-corrected chi connectivity index (χ4v) is 5.16. The first-order chi connectivity index (χ1) is 14.1. The van der Waals surface area contributed by atoms with Crippen molar-refractivity contribution in [1.82, 2.24) is 15.5 Å². The van der Waals surface area contributed by atoms with E-state index in [1.165, 1.54) is 17.7 Å². The predicted molar refractivity (Wildman–Crippen MR) is 110 cm³/mol. The van der Waals surface area contributed by atoms with E-state index in [0.29, 0.717) is 36.1 Å². The van der Waals surface area contributed by atoms with E-state index in [9.17, 15) is 14.4 Å². The Morgan fingerprint density at radius 3 is 2.24 bits per heavy atom. The molecule has 3 amide bonds. The monoisotopic (exact) mass is 391 g/mol. The van der Waals surface area contributed by atoms with Crippen molar-refractivity contribution >= 4 is 28.5 Å². The molecule has 0 radical (unpaired) electrons. The van der Waals surface area contributed by atoms with Crippen molar-refractivity contribution in [3.63, 3.8) is 0 Å². The average Bonchev–Trinajstić information content (AvgIpc) is 3.06. The number of hydrogen-bond acceptors (Lipinski definition) is 4. The average molecular weight is 391 g/mol. The van der Waals surface area contributed by atoms with Crippen LogP contribution in [0.2, 0.25) is 0 Å². The first kappa shape index (κ1) is 18.3. The number of amides is 3. The zero-order valence-electron chi connectivity index (χ0n) is 16.3. The van der Waals surface area contributed by atoms with Crippen LogP contribution in [0.3, 0.4) is 0 Å². The molecule has 2 fully saturated rings. The minimum atomic E-state index is -0.269. The van der Waals surface area contributed by atoms with Crippen LogP contribution in [-0.2, 0) is 4.79 Å². The van der Waals surface area contributed by atoms with Crippen LogP contribution in [0.4, 0.5) is 0 Å². The largest absolute Gasteiger partial charge is 0.353 e. The van der Waals surface area contributed by atoms with E-state index in [4.69, 9.17) is 0 Å². The van der Waals surface area contributed by atoms with Crippen LogP contribution in [0.5, 0.6) is 0 Å². The molecule has 150 valence electrons. The first-order valence-electron chi connectivity index (χ1n) is 10.5. The second-order valence-electron chi connectivity index (χ2n) is 8.45. The molecule has 2 aromatic carbocycles. The summed E-state index contributed by atoms with van der Waals surface area (Å²) < 4.78 is 0. The van der Waals surface area contributed by atoms with Gasteiger partial charge in [-0.25, -0.2) is 0 Å². The Balaban J connectivity index is 1.21. The molecule has 29 heavy (non-hydrogen) atoms. The molecule has 2 atom stereocenters. The number of fused-ring (bicyclic) bond motifs is 2. The number of nitrogens with one attached hydrogen (secondary N) is 2. The lowest BCUT2D eigenvalue weighted by Gasteiger charge is -2.30. The van der Waals surface area contributed by atoms with Gasteiger partial charge in [0, 0.05) is 47.6 Å². The number of carbonyl (C=O) groups excluding carboxylic acids is 3. The highest BCUT2D eigenvalue weighted by atomic mass is 16.2. The molecule has 2 saturated heterocycles. The summed E-state index contributed by atoms with van der Waals surface area (Å²) in [7, 11) is 0. The summed E-state index contributed by atoms with van der Waals surface area (Å²) in [5.41, 5.74) is 1.12. The highest BCUT2D eigenvalue weighted by molar-refractivity contribution is 6.25. The lowest BCUT2D eigenvalue weighted by molar-refractivity contribution is -0.122. The lowest BCUT2D eigenvalue weighted by atomic mass is 9.94. The molecule has 2 unspecified atom stereocenters. The van der Waals surface area contributed by atoms with Gasteiger partial charge in [0.15, 0.2) is 0 Å². The van der Waals surface area contributed by atoms with Gasteiger partial charge in [-0.1, -0.05) is 24.3 Å². The third-order valence-corrected chi connectivity index (χ3v) is 6.48. The third-order valence-electron chi connectivity index (χ3n) is 6.48. The van der Waals surface area contributed by atoms with E-state index in [2.05, 4.69) is 10.6 Å². The van der Waals surface area contributed by atoms with Gasteiger partial charge in [0.1, 0.15) is 0 Å². The number of imide groups is 1. The van der Waals surface area contributed by atoms with E-state index >= 15 is 0 Å².